The van der Waals surface area contributed by atoms with Gasteiger partial charge in [-0.05, 0) is 29.7 Å². The molecule has 0 fully saturated rings. The Bertz CT molecular complexity index is 506. The van der Waals surface area contributed by atoms with E-state index in [-0.39, 0.29) is 0 Å². The molecule has 0 aliphatic heterocycles. The molecule has 2 aromatic rings. The van der Waals surface area contributed by atoms with Gasteiger partial charge in [-0.2, -0.15) is 0 Å². The smallest absolute Gasteiger partial charge is 0.0484 e. The van der Waals surface area contributed by atoms with Crippen LogP contribution in [0.2, 0.25) is 5.02 Å². The summed E-state index contributed by atoms with van der Waals surface area (Å²) in [6.45, 7) is 2.10. The van der Waals surface area contributed by atoms with Crippen molar-refractivity contribution in [2.75, 3.05) is 5.73 Å². The summed E-state index contributed by atoms with van der Waals surface area (Å²) in [5.74, 6) is 0. The lowest BCUT2D eigenvalue weighted by molar-refractivity contribution is 1.14. The van der Waals surface area contributed by atoms with Crippen LogP contribution in [0.3, 0.4) is 0 Å². The first-order chi connectivity index (χ1) is 7.72. The van der Waals surface area contributed by atoms with Gasteiger partial charge in [0.2, 0.25) is 0 Å². The predicted molar refractivity (Wildman–Crippen MR) is 70.7 cm³/mol. The fourth-order valence-corrected chi connectivity index (χ4v) is 2.02. The van der Waals surface area contributed by atoms with Crippen molar-refractivity contribution in [3.8, 4) is 11.1 Å². The molecule has 82 valence electrons. The number of hydrogen-bond donors (Lipinski definition) is 1. The lowest BCUT2D eigenvalue weighted by atomic mass is 10.0. The highest BCUT2D eigenvalue weighted by Gasteiger charge is 2.04. The van der Waals surface area contributed by atoms with E-state index in [1.54, 1.807) is 0 Å². The molecule has 0 saturated heterocycles. The van der Waals surface area contributed by atoms with E-state index in [9.17, 15) is 0 Å². The van der Waals surface area contributed by atoms with Crippen molar-refractivity contribution in [2.24, 2.45) is 0 Å². The third-order valence-corrected chi connectivity index (χ3v) is 3.04. The third kappa shape index (κ3) is 2.05. The lowest BCUT2D eigenvalue weighted by Gasteiger charge is -2.08. The topological polar surface area (TPSA) is 26.0 Å². The van der Waals surface area contributed by atoms with Crippen LogP contribution in [0.25, 0.3) is 11.1 Å². The Labute approximate surface area is 101 Å². The Kier molecular flexibility index (Phi) is 3.16. The zero-order chi connectivity index (χ0) is 11.5. The molecular weight excluding hydrogens is 218 g/mol. The SMILES string of the molecule is CCc1ccc(-c2ccccc2Cl)cc1N. The van der Waals surface area contributed by atoms with Crippen molar-refractivity contribution in [3.05, 3.63) is 53.1 Å². The molecule has 0 amide bonds. The van der Waals surface area contributed by atoms with Crippen molar-refractivity contribution in [2.45, 2.75) is 13.3 Å². The summed E-state index contributed by atoms with van der Waals surface area (Å²) in [6, 6.07) is 13.9. The Morgan fingerprint density at radius 2 is 1.88 bits per heavy atom. The second-order valence-electron chi connectivity index (χ2n) is 3.75. The van der Waals surface area contributed by atoms with Gasteiger partial charge in [0, 0.05) is 16.3 Å². The highest BCUT2D eigenvalue weighted by Crippen LogP contribution is 2.29. The fourth-order valence-electron chi connectivity index (χ4n) is 1.78. The van der Waals surface area contributed by atoms with E-state index in [1.165, 1.54) is 5.56 Å². The van der Waals surface area contributed by atoms with Crippen LogP contribution in [0.5, 0.6) is 0 Å². The summed E-state index contributed by atoms with van der Waals surface area (Å²) in [7, 11) is 0. The molecule has 0 atom stereocenters. The van der Waals surface area contributed by atoms with Gasteiger partial charge < -0.3 is 5.73 Å². The molecule has 2 rings (SSSR count). The maximum absolute atomic E-state index is 6.14. The number of nitrogen functional groups attached to an aromatic ring is 1. The van der Waals surface area contributed by atoms with Gasteiger partial charge in [-0.3, -0.25) is 0 Å². The first-order valence-corrected chi connectivity index (χ1v) is 5.73. The number of anilines is 1. The van der Waals surface area contributed by atoms with Gasteiger partial charge in [-0.25, -0.2) is 0 Å². The molecule has 0 aliphatic rings. The van der Waals surface area contributed by atoms with Crippen LogP contribution in [0, 0.1) is 0 Å². The van der Waals surface area contributed by atoms with Gasteiger partial charge in [-0.1, -0.05) is 48.9 Å². The van der Waals surface area contributed by atoms with E-state index in [1.807, 2.05) is 30.3 Å². The zero-order valence-electron chi connectivity index (χ0n) is 9.20. The first-order valence-electron chi connectivity index (χ1n) is 5.35. The number of aryl methyl sites for hydroxylation is 1. The lowest BCUT2D eigenvalue weighted by Crippen LogP contribution is -1.93. The van der Waals surface area contributed by atoms with E-state index in [2.05, 4.69) is 19.1 Å². The third-order valence-electron chi connectivity index (χ3n) is 2.71. The summed E-state index contributed by atoms with van der Waals surface area (Å²) in [5, 5.41) is 0.756. The van der Waals surface area contributed by atoms with Crippen LogP contribution in [0.4, 0.5) is 5.69 Å². The number of benzene rings is 2. The maximum atomic E-state index is 6.14. The molecule has 0 saturated carbocycles. The molecule has 0 radical (unpaired) electrons. The van der Waals surface area contributed by atoms with Crippen molar-refractivity contribution >= 4 is 17.3 Å². The van der Waals surface area contributed by atoms with Gasteiger partial charge in [-0.15, -0.1) is 0 Å². The molecule has 1 nitrogen and oxygen atoms in total. The molecule has 0 bridgehead atoms. The number of hydrogen-bond acceptors (Lipinski definition) is 1. The van der Waals surface area contributed by atoms with Crippen LogP contribution in [0.15, 0.2) is 42.5 Å². The van der Waals surface area contributed by atoms with E-state index >= 15 is 0 Å². The Balaban J connectivity index is 2.50. The molecule has 2 aromatic carbocycles. The largest absolute Gasteiger partial charge is 0.398 e. The minimum absolute atomic E-state index is 0.756. The number of halogens is 1. The van der Waals surface area contributed by atoms with E-state index in [0.717, 1.165) is 28.3 Å². The molecule has 0 aliphatic carbocycles. The average Bonchev–Trinajstić information content (AvgIpc) is 2.29. The summed E-state index contributed by atoms with van der Waals surface area (Å²) < 4.78 is 0. The van der Waals surface area contributed by atoms with Crippen LogP contribution in [-0.2, 0) is 6.42 Å². The van der Waals surface area contributed by atoms with Gasteiger partial charge >= 0.3 is 0 Å². The second-order valence-corrected chi connectivity index (χ2v) is 4.15. The summed E-state index contributed by atoms with van der Waals surface area (Å²) in [5.41, 5.74) is 10.1. The Hall–Kier alpha value is -1.47. The number of rotatable bonds is 2. The van der Waals surface area contributed by atoms with Crippen LogP contribution in [0.1, 0.15) is 12.5 Å². The number of nitrogens with two attached hydrogens (primary N) is 1. The molecule has 0 aromatic heterocycles. The molecular formula is C14H14ClN. The summed E-state index contributed by atoms with van der Waals surface area (Å²) >= 11 is 6.14. The van der Waals surface area contributed by atoms with Crippen molar-refractivity contribution < 1.29 is 0 Å². The maximum Gasteiger partial charge on any atom is 0.0484 e. The van der Waals surface area contributed by atoms with Crippen LogP contribution >= 0.6 is 11.6 Å². The van der Waals surface area contributed by atoms with Gasteiger partial charge in [0.05, 0.1) is 0 Å². The quantitative estimate of drug-likeness (QED) is 0.772. The highest BCUT2D eigenvalue weighted by atomic mass is 35.5. The van der Waals surface area contributed by atoms with Crippen molar-refractivity contribution in [1.82, 2.24) is 0 Å². The van der Waals surface area contributed by atoms with E-state index in [4.69, 9.17) is 17.3 Å². The average molecular weight is 232 g/mol. The molecule has 0 spiro atoms. The minimum Gasteiger partial charge on any atom is -0.398 e. The minimum atomic E-state index is 0.756. The molecule has 2 N–H and O–H groups in total. The van der Waals surface area contributed by atoms with Gasteiger partial charge in [0.25, 0.3) is 0 Å². The normalized spacial score (nSPS) is 10.4. The van der Waals surface area contributed by atoms with Gasteiger partial charge in [0.1, 0.15) is 0 Å². The second kappa shape index (κ2) is 4.58. The molecule has 16 heavy (non-hydrogen) atoms. The van der Waals surface area contributed by atoms with Crippen molar-refractivity contribution in [3.63, 3.8) is 0 Å². The predicted octanol–water partition coefficient (Wildman–Crippen LogP) is 4.15. The van der Waals surface area contributed by atoms with E-state index < -0.39 is 0 Å². The molecule has 0 unspecified atom stereocenters. The van der Waals surface area contributed by atoms with Crippen LogP contribution < -0.4 is 5.73 Å². The van der Waals surface area contributed by atoms with Gasteiger partial charge in [0.15, 0.2) is 0 Å². The zero-order valence-corrected chi connectivity index (χ0v) is 9.96. The fraction of sp³-hybridized carbons (Fsp3) is 0.143. The van der Waals surface area contributed by atoms with Crippen molar-refractivity contribution in [1.29, 1.82) is 0 Å². The summed E-state index contributed by atoms with van der Waals surface area (Å²) in [4.78, 5) is 0. The Morgan fingerprint density at radius 1 is 1.12 bits per heavy atom. The first kappa shape index (κ1) is 11.0. The Morgan fingerprint density at radius 3 is 2.50 bits per heavy atom. The molecule has 2 heteroatoms. The standard InChI is InChI=1S/C14H14ClN/c1-2-10-7-8-11(9-14(10)16)12-5-3-4-6-13(12)15/h3-9H,2,16H2,1H3. The summed E-state index contributed by atoms with van der Waals surface area (Å²) in [6.07, 6.45) is 0.953. The van der Waals surface area contributed by atoms with Crippen LogP contribution in [-0.4, -0.2) is 0 Å². The monoisotopic (exact) mass is 231 g/mol. The highest BCUT2D eigenvalue weighted by molar-refractivity contribution is 6.33. The molecule has 0 heterocycles. The van der Waals surface area contributed by atoms with E-state index in [0.29, 0.717) is 0 Å².